The van der Waals surface area contributed by atoms with E-state index >= 15 is 0 Å². The molecule has 1 N–H and O–H groups in total. The molecule has 7 nitrogen and oxygen atoms in total. The number of pyridine rings is 1. The number of fused-ring (bicyclic) bond motifs is 1. The summed E-state index contributed by atoms with van der Waals surface area (Å²) < 4.78 is 17.0. The van der Waals surface area contributed by atoms with E-state index < -0.39 is 6.09 Å². The zero-order valence-corrected chi connectivity index (χ0v) is 18.8. The maximum absolute atomic E-state index is 11.8. The van der Waals surface area contributed by atoms with Crippen LogP contribution in [0.15, 0.2) is 49.2 Å². The average Bonchev–Trinajstić information content (AvgIpc) is 2.79. The van der Waals surface area contributed by atoms with Crippen molar-refractivity contribution in [1.82, 2.24) is 4.98 Å². The fourth-order valence-electron chi connectivity index (χ4n) is 3.55. The Morgan fingerprint density at radius 3 is 2.44 bits per heavy atom. The molecule has 0 aliphatic carbocycles. The molecule has 0 bridgehead atoms. The predicted molar refractivity (Wildman–Crippen MR) is 126 cm³/mol. The Labute approximate surface area is 187 Å². The van der Waals surface area contributed by atoms with Gasteiger partial charge in [0.2, 0.25) is 0 Å². The number of benzene rings is 2. The summed E-state index contributed by atoms with van der Waals surface area (Å²) in [6.45, 7) is 7.92. The van der Waals surface area contributed by atoms with Gasteiger partial charge in [-0.3, -0.25) is 9.88 Å². The van der Waals surface area contributed by atoms with Crippen molar-refractivity contribution in [2.45, 2.75) is 26.7 Å². The van der Waals surface area contributed by atoms with Crippen LogP contribution in [0.5, 0.6) is 23.0 Å². The van der Waals surface area contributed by atoms with Gasteiger partial charge in [0.1, 0.15) is 11.5 Å². The Kier molecular flexibility index (Phi) is 7.20. The molecular formula is C25H28N2O5. The van der Waals surface area contributed by atoms with E-state index in [2.05, 4.69) is 11.6 Å². The van der Waals surface area contributed by atoms with Crippen LogP contribution in [0.2, 0.25) is 0 Å². The molecule has 32 heavy (non-hydrogen) atoms. The van der Waals surface area contributed by atoms with Gasteiger partial charge in [0.05, 0.1) is 25.4 Å². The van der Waals surface area contributed by atoms with Crippen molar-refractivity contribution >= 4 is 22.7 Å². The van der Waals surface area contributed by atoms with Gasteiger partial charge in [-0.15, -0.1) is 6.58 Å². The molecule has 3 rings (SSSR count). The first-order valence-electron chi connectivity index (χ1n) is 10.3. The fourth-order valence-corrected chi connectivity index (χ4v) is 3.55. The second-order valence-corrected chi connectivity index (χ2v) is 7.33. The highest BCUT2D eigenvalue weighted by Gasteiger charge is 2.19. The summed E-state index contributed by atoms with van der Waals surface area (Å²) in [5.74, 6) is 2.43. The fraction of sp³-hybridized carbons (Fsp3) is 0.280. The Bertz CT molecular complexity index is 1140. The van der Waals surface area contributed by atoms with Gasteiger partial charge in [0.25, 0.3) is 0 Å². The quantitative estimate of drug-likeness (QED) is 0.322. The SMILES string of the molecule is C=CCCCN(C(=O)O)c1ccc(Oc2ccnc3cc(OC)c(OC)cc23)c(C)c1C. The molecule has 0 spiro atoms. The normalized spacial score (nSPS) is 10.6. The molecule has 0 saturated heterocycles. The zero-order chi connectivity index (χ0) is 23.3. The van der Waals surface area contributed by atoms with E-state index in [0.717, 1.165) is 22.9 Å². The van der Waals surface area contributed by atoms with E-state index in [1.165, 1.54) is 4.90 Å². The van der Waals surface area contributed by atoms with Crippen LogP contribution >= 0.6 is 0 Å². The largest absolute Gasteiger partial charge is 0.493 e. The van der Waals surface area contributed by atoms with Gasteiger partial charge in [0, 0.05) is 24.2 Å². The molecule has 1 amide bonds. The minimum atomic E-state index is -0.980. The maximum atomic E-state index is 11.8. The van der Waals surface area contributed by atoms with Crippen molar-refractivity contribution in [3.05, 3.63) is 60.3 Å². The van der Waals surface area contributed by atoms with Crippen LogP contribution in [0, 0.1) is 13.8 Å². The van der Waals surface area contributed by atoms with Crippen molar-refractivity contribution in [2.75, 3.05) is 25.7 Å². The molecule has 0 saturated carbocycles. The smallest absolute Gasteiger partial charge is 0.411 e. The maximum Gasteiger partial charge on any atom is 0.411 e. The monoisotopic (exact) mass is 436 g/mol. The van der Waals surface area contributed by atoms with Gasteiger partial charge in [-0.1, -0.05) is 6.08 Å². The van der Waals surface area contributed by atoms with E-state index in [1.54, 1.807) is 50.8 Å². The van der Waals surface area contributed by atoms with Crippen molar-refractivity contribution < 1.29 is 24.1 Å². The molecule has 3 aromatic rings. The van der Waals surface area contributed by atoms with E-state index in [1.807, 2.05) is 19.9 Å². The predicted octanol–water partition coefficient (Wildman–Crippen LogP) is 6.11. The molecule has 7 heteroatoms. The summed E-state index contributed by atoms with van der Waals surface area (Å²) in [5, 5.41) is 10.5. The van der Waals surface area contributed by atoms with Crippen molar-refractivity contribution in [3.63, 3.8) is 0 Å². The number of hydrogen-bond donors (Lipinski definition) is 1. The first-order chi connectivity index (χ1) is 15.4. The summed E-state index contributed by atoms with van der Waals surface area (Å²) in [4.78, 5) is 17.6. The number of allylic oxidation sites excluding steroid dienone is 1. The third-order valence-electron chi connectivity index (χ3n) is 5.45. The molecule has 0 atom stereocenters. The first-order valence-corrected chi connectivity index (χ1v) is 10.3. The average molecular weight is 437 g/mol. The number of anilines is 1. The molecule has 2 aromatic carbocycles. The van der Waals surface area contributed by atoms with Crippen molar-refractivity contribution in [2.24, 2.45) is 0 Å². The number of nitrogens with zero attached hydrogens (tertiary/aromatic N) is 2. The molecule has 0 radical (unpaired) electrons. The number of aromatic nitrogens is 1. The van der Waals surface area contributed by atoms with E-state index in [9.17, 15) is 9.90 Å². The van der Waals surface area contributed by atoms with Crippen LogP contribution in [-0.2, 0) is 0 Å². The van der Waals surface area contributed by atoms with Crippen molar-refractivity contribution in [1.29, 1.82) is 0 Å². The summed E-state index contributed by atoms with van der Waals surface area (Å²) in [6.07, 6.45) is 3.95. The summed E-state index contributed by atoms with van der Waals surface area (Å²) >= 11 is 0. The Balaban J connectivity index is 1.98. The molecular weight excluding hydrogens is 408 g/mol. The molecule has 0 aliphatic rings. The number of hydrogen-bond acceptors (Lipinski definition) is 5. The third kappa shape index (κ3) is 4.61. The van der Waals surface area contributed by atoms with Gasteiger partial charge in [-0.2, -0.15) is 0 Å². The number of methoxy groups -OCH3 is 2. The summed E-state index contributed by atoms with van der Waals surface area (Å²) in [5.41, 5.74) is 3.08. The van der Waals surface area contributed by atoms with Crippen molar-refractivity contribution in [3.8, 4) is 23.0 Å². The van der Waals surface area contributed by atoms with Gasteiger partial charge in [-0.25, -0.2) is 4.79 Å². The Morgan fingerprint density at radius 2 is 1.78 bits per heavy atom. The lowest BCUT2D eigenvalue weighted by molar-refractivity contribution is 0.201. The Morgan fingerprint density at radius 1 is 1.06 bits per heavy atom. The lowest BCUT2D eigenvalue weighted by Gasteiger charge is -2.23. The molecule has 1 heterocycles. The standard InChI is InChI=1S/C25H28N2O5/c1-6-7-8-13-27(25(28)29)20-9-10-21(17(3)16(20)2)32-22-11-12-26-19-15-24(31-5)23(30-4)14-18(19)22/h6,9-12,14-15H,1,7-8,13H2,2-5H3,(H,28,29). The number of carboxylic acid groups (broad SMARTS) is 1. The minimum Gasteiger partial charge on any atom is -0.493 e. The topological polar surface area (TPSA) is 81.1 Å². The van der Waals surface area contributed by atoms with Crippen LogP contribution in [0.1, 0.15) is 24.0 Å². The Hall–Kier alpha value is -3.74. The number of unbranched alkanes of at least 4 members (excludes halogenated alkanes) is 1. The second-order valence-electron chi connectivity index (χ2n) is 7.33. The van der Waals surface area contributed by atoms with Crippen LogP contribution in [0.4, 0.5) is 10.5 Å². The van der Waals surface area contributed by atoms with Gasteiger partial charge < -0.3 is 19.3 Å². The lowest BCUT2D eigenvalue weighted by atomic mass is 10.1. The number of ether oxygens (including phenoxy) is 3. The van der Waals surface area contributed by atoms with E-state index in [4.69, 9.17) is 14.2 Å². The van der Waals surface area contributed by atoms with Crippen LogP contribution in [-0.4, -0.2) is 36.9 Å². The highest BCUT2D eigenvalue weighted by molar-refractivity contribution is 5.89. The summed E-state index contributed by atoms with van der Waals surface area (Å²) in [7, 11) is 3.16. The first kappa shape index (κ1) is 22.9. The van der Waals surface area contributed by atoms with Crippen LogP contribution in [0.3, 0.4) is 0 Å². The highest BCUT2D eigenvalue weighted by atomic mass is 16.5. The highest BCUT2D eigenvalue weighted by Crippen LogP contribution is 2.39. The van der Waals surface area contributed by atoms with E-state index in [0.29, 0.717) is 47.2 Å². The molecule has 0 fully saturated rings. The molecule has 0 unspecified atom stereocenters. The lowest BCUT2D eigenvalue weighted by Crippen LogP contribution is -2.31. The molecule has 0 aliphatic heterocycles. The van der Waals surface area contributed by atoms with Crippen LogP contribution < -0.4 is 19.1 Å². The number of amides is 1. The third-order valence-corrected chi connectivity index (χ3v) is 5.45. The number of carbonyl (C=O) groups is 1. The van der Waals surface area contributed by atoms with Crippen LogP contribution in [0.25, 0.3) is 10.9 Å². The molecule has 1 aromatic heterocycles. The molecule has 168 valence electrons. The van der Waals surface area contributed by atoms with Gasteiger partial charge >= 0.3 is 6.09 Å². The minimum absolute atomic E-state index is 0.401. The second kappa shape index (κ2) is 10.0. The van der Waals surface area contributed by atoms with Gasteiger partial charge in [-0.05, 0) is 62.1 Å². The van der Waals surface area contributed by atoms with Gasteiger partial charge in [0.15, 0.2) is 11.5 Å². The summed E-state index contributed by atoms with van der Waals surface area (Å²) in [6, 6.07) is 9.01. The zero-order valence-electron chi connectivity index (χ0n) is 18.8. The van der Waals surface area contributed by atoms with E-state index in [-0.39, 0.29) is 0 Å². The number of rotatable bonds is 9.